The molecule has 0 amide bonds. The van der Waals surface area contributed by atoms with Crippen LogP contribution in [0.3, 0.4) is 0 Å². The van der Waals surface area contributed by atoms with Crippen molar-refractivity contribution < 1.29 is 19.4 Å². The monoisotopic (exact) mass is 497 g/mol. The number of aromatic nitrogens is 3. The van der Waals surface area contributed by atoms with E-state index in [1.54, 1.807) is 18.9 Å². The van der Waals surface area contributed by atoms with Crippen LogP contribution in [0.2, 0.25) is 0 Å². The van der Waals surface area contributed by atoms with E-state index in [4.69, 9.17) is 19.6 Å². The summed E-state index contributed by atoms with van der Waals surface area (Å²) in [6.07, 6.45) is 3.60. The van der Waals surface area contributed by atoms with Gasteiger partial charge in [-0.3, -0.25) is 4.79 Å². The fourth-order valence-electron chi connectivity index (χ4n) is 3.96. The number of carbonyl (C=O) groups is 1. The van der Waals surface area contributed by atoms with Crippen molar-refractivity contribution in [3.05, 3.63) is 89.6 Å². The minimum atomic E-state index is -0.927. The van der Waals surface area contributed by atoms with Gasteiger partial charge in [0, 0.05) is 17.3 Å². The van der Waals surface area contributed by atoms with E-state index in [0.717, 1.165) is 27.0 Å². The summed E-state index contributed by atoms with van der Waals surface area (Å²) in [6, 6.07) is 23.1. The number of aliphatic carboxylic acids is 1. The summed E-state index contributed by atoms with van der Waals surface area (Å²) >= 11 is 1.48. The first-order chi connectivity index (χ1) is 17.6. The molecule has 0 saturated heterocycles. The van der Waals surface area contributed by atoms with Crippen LogP contribution in [-0.2, 0) is 4.79 Å². The number of ether oxygens (including phenoxy) is 2. The van der Waals surface area contributed by atoms with Crippen LogP contribution in [0.5, 0.6) is 11.5 Å². The van der Waals surface area contributed by atoms with Gasteiger partial charge in [0.15, 0.2) is 11.5 Å². The highest BCUT2D eigenvalue weighted by atomic mass is 32.1. The van der Waals surface area contributed by atoms with Crippen LogP contribution in [0.25, 0.3) is 38.8 Å². The zero-order valence-corrected chi connectivity index (χ0v) is 20.5. The molecule has 0 aliphatic carbocycles. The molecule has 2 aromatic heterocycles. The molecule has 0 radical (unpaired) electrons. The van der Waals surface area contributed by atoms with Crippen molar-refractivity contribution in [1.29, 1.82) is 0 Å². The number of nitrogens with zero attached hydrogens (tertiary/aromatic N) is 3. The maximum atomic E-state index is 11.8. The third-order valence-electron chi connectivity index (χ3n) is 5.66. The Labute approximate surface area is 211 Å². The Balaban J connectivity index is 1.69. The lowest BCUT2D eigenvalue weighted by molar-refractivity contribution is -0.135. The number of rotatable bonds is 8. The van der Waals surface area contributed by atoms with E-state index in [2.05, 4.69) is 0 Å². The molecule has 0 aliphatic heterocycles. The highest BCUT2D eigenvalue weighted by Crippen LogP contribution is 2.36. The summed E-state index contributed by atoms with van der Waals surface area (Å²) in [5, 5.41) is 15.2. The number of carboxylic acid groups (broad SMARTS) is 1. The van der Waals surface area contributed by atoms with Crippen LogP contribution in [0.1, 0.15) is 17.0 Å². The molecular weight excluding hydrogens is 474 g/mol. The average molecular weight is 498 g/mol. The second-order valence-corrected chi connectivity index (χ2v) is 9.04. The number of thiazole rings is 1. The van der Waals surface area contributed by atoms with Gasteiger partial charge < -0.3 is 14.6 Å². The molecule has 5 aromatic rings. The second-order valence-electron chi connectivity index (χ2n) is 8.01. The van der Waals surface area contributed by atoms with E-state index >= 15 is 0 Å². The minimum absolute atomic E-state index is 0.165. The summed E-state index contributed by atoms with van der Waals surface area (Å²) in [4.78, 5) is 16.5. The lowest BCUT2D eigenvalue weighted by Crippen LogP contribution is -1.97. The van der Waals surface area contributed by atoms with Gasteiger partial charge in [-0.05, 0) is 54.1 Å². The Morgan fingerprint density at radius 3 is 2.47 bits per heavy atom. The van der Waals surface area contributed by atoms with Crippen LogP contribution >= 0.6 is 11.3 Å². The molecule has 0 spiro atoms. The third-order valence-corrected chi connectivity index (χ3v) is 6.77. The first-order valence-electron chi connectivity index (χ1n) is 11.2. The Morgan fingerprint density at radius 2 is 1.75 bits per heavy atom. The first-order valence-corrected chi connectivity index (χ1v) is 12.0. The summed E-state index contributed by atoms with van der Waals surface area (Å²) in [5.74, 6) is 0.265. The van der Waals surface area contributed by atoms with Gasteiger partial charge in [-0.1, -0.05) is 30.3 Å². The smallest absolute Gasteiger partial charge is 0.307 e. The highest BCUT2D eigenvalue weighted by Gasteiger charge is 2.18. The molecule has 7 nitrogen and oxygen atoms in total. The Kier molecular flexibility index (Phi) is 6.51. The van der Waals surface area contributed by atoms with Crippen molar-refractivity contribution >= 4 is 39.2 Å². The largest absolute Gasteiger partial charge is 0.493 e. The number of methoxy groups -OCH3 is 2. The van der Waals surface area contributed by atoms with Gasteiger partial charge in [0.1, 0.15) is 10.7 Å². The van der Waals surface area contributed by atoms with Crippen LogP contribution in [0, 0.1) is 0 Å². The van der Waals surface area contributed by atoms with E-state index in [-0.39, 0.29) is 6.42 Å². The van der Waals surface area contributed by atoms with Crippen molar-refractivity contribution in [2.45, 2.75) is 6.42 Å². The van der Waals surface area contributed by atoms with Gasteiger partial charge in [-0.15, -0.1) is 11.3 Å². The topological polar surface area (TPSA) is 86.5 Å². The van der Waals surface area contributed by atoms with Crippen LogP contribution in [0.15, 0.2) is 79.0 Å². The summed E-state index contributed by atoms with van der Waals surface area (Å²) in [5.41, 5.74) is 4.60. The first kappa shape index (κ1) is 23.3. The standard InChI is InChI=1S/C28H23N3O4S/c1-34-23-13-12-18(15-24(23)35-2)27-20(17-31(30-27)21-8-4-3-5-9-21)14-19(16-26(32)33)28-29-22-10-6-7-11-25(22)36-28/h3-15,17H,16H2,1-2H3,(H,32,33). The van der Waals surface area contributed by atoms with Gasteiger partial charge in [-0.2, -0.15) is 5.10 Å². The average Bonchev–Trinajstić information content (AvgIpc) is 3.53. The molecule has 0 aliphatic rings. The molecule has 0 fully saturated rings. The van der Waals surface area contributed by atoms with Crippen molar-refractivity contribution in [3.63, 3.8) is 0 Å². The van der Waals surface area contributed by atoms with E-state index in [9.17, 15) is 9.90 Å². The number of hydrogen-bond acceptors (Lipinski definition) is 6. The number of benzene rings is 3. The molecular formula is C28H23N3O4S. The van der Waals surface area contributed by atoms with Crippen molar-refractivity contribution in [2.24, 2.45) is 0 Å². The second kappa shape index (κ2) is 10.1. The Hall–Kier alpha value is -4.43. The maximum Gasteiger partial charge on any atom is 0.307 e. The number of para-hydroxylation sites is 2. The third kappa shape index (κ3) is 4.71. The van der Waals surface area contributed by atoms with Crippen molar-refractivity contribution in [1.82, 2.24) is 14.8 Å². The fourth-order valence-corrected chi connectivity index (χ4v) is 4.94. The Morgan fingerprint density at radius 1 is 1.00 bits per heavy atom. The van der Waals surface area contributed by atoms with Crippen molar-refractivity contribution in [2.75, 3.05) is 14.2 Å². The van der Waals surface area contributed by atoms with Gasteiger partial charge in [0.2, 0.25) is 0 Å². The summed E-state index contributed by atoms with van der Waals surface area (Å²) in [6.45, 7) is 0. The SMILES string of the molecule is COc1ccc(-c2nn(-c3ccccc3)cc2C=C(CC(=O)O)c2nc3ccccc3s2)cc1OC. The zero-order chi connectivity index (χ0) is 25.1. The molecule has 1 N–H and O–H groups in total. The molecule has 2 heterocycles. The van der Waals surface area contributed by atoms with E-state index in [0.29, 0.717) is 27.8 Å². The minimum Gasteiger partial charge on any atom is -0.493 e. The van der Waals surface area contributed by atoms with Gasteiger partial charge >= 0.3 is 5.97 Å². The van der Waals surface area contributed by atoms with E-state index < -0.39 is 5.97 Å². The van der Waals surface area contributed by atoms with Gasteiger partial charge in [0.05, 0.1) is 36.5 Å². The zero-order valence-electron chi connectivity index (χ0n) is 19.7. The van der Waals surface area contributed by atoms with Crippen LogP contribution in [-0.4, -0.2) is 40.1 Å². The lowest BCUT2D eigenvalue weighted by atomic mass is 10.0. The van der Waals surface area contributed by atoms with Gasteiger partial charge in [-0.25, -0.2) is 9.67 Å². The molecule has 0 unspecified atom stereocenters. The highest BCUT2D eigenvalue weighted by molar-refractivity contribution is 7.19. The van der Waals surface area contributed by atoms with Crippen LogP contribution < -0.4 is 9.47 Å². The number of carboxylic acids is 1. The van der Waals surface area contributed by atoms with E-state index in [1.165, 1.54) is 11.3 Å². The molecule has 180 valence electrons. The molecule has 0 atom stereocenters. The molecule has 3 aromatic carbocycles. The lowest BCUT2D eigenvalue weighted by Gasteiger charge is -2.09. The predicted molar refractivity (Wildman–Crippen MR) is 142 cm³/mol. The predicted octanol–water partition coefficient (Wildman–Crippen LogP) is 6.18. The van der Waals surface area contributed by atoms with Crippen LogP contribution in [0.4, 0.5) is 0 Å². The maximum absolute atomic E-state index is 11.8. The molecule has 0 saturated carbocycles. The van der Waals surface area contributed by atoms with Crippen molar-refractivity contribution in [3.8, 4) is 28.4 Å². The fraction of sp³-hybridized carbons (Fsp3) is 0.107. The number of hydrogen-bond donors (Lipinski definition) is 1. The normalized spacial score (nSPS) is 11.6. The quantitative estimate of drug-likeness (QED) is 0.275. The van der Waals surface area contributed by atoms with E-state index in [1.807, 2.05) is 85.1 Å². The molecule has 5 rings (SSSR count). The summed E-state index contributed by atoms with van der Waals surface area (Å²) in [7, 11) is 3.18. The van der Waals surface area contributed by atoms with Gasteiger partial charge in [0.25, 0.3) is 0 Å². The molecule has 36 heavy (non-hydrogen) atoms. The number of fused-ring (bicyclic) bond motifs is 1. The summed E-state index contributed by atoms with van der Waals surface area (Å²) < 4.78 is 13.7. The Bertz CT molecular complexity index is 1540. The molecule has 8 heteroatoms. The molecule has 0 bridgehead atoms.